The molecule has 11 heteroatoms. The maximum atomic E-state index is 12.4. The minimum absolute atomic E-state index is 0.0779. The maximum absolute atomic E-state index is 12.4. The van der Waals surface area contributed by atoms with Crippen LogP contribution >= 0.6 is 15.9 Å². The number of hydrogen-bond donors (Lipinski definition) is 2. The summed E-state index contributed by atoms with van der Waals surface area (Å²) in [6.07, 6.45) is 1.25. The average molecular weight is 498 g/mol. The van der Waals surface area contributed by atoms with Crippen LogP contribution in [0.2, 0.25) is 0 Å². The number of nitro groups is 1. The van der Waals surface area contributed by atoms with Crippen molar-refractivity contribution in [2.24, 2.45) is 0 Å². The van der Waals surface area contributed by atoms with E-state index in [4.69, 9.17) is 0 Å². The molecule has 164 valence electrons. The Kier molecular flexibility index (Phi) is 6.45. The Morgan fingerprint density at radius 2 is 1.62 bits per heavy atom. The quantitative estimate of drug-likeness (QED) is 0.393. The molecule has 1 amide bonds. The molecule has 0 spiro atoms. The molecule has 0 unspecified atom stereocenters. The highest BCUT2D eigenvalue weighted by Gasteiger charge is 2.29. The van der Waals surface area contributed by atoms with Crippen LogP contribution in [0.25, 0.3) is 0 Å². The zero-order valence-electron chi connectivity index (χ0n) is 16.9. The number of carbonyl (C=O) groups is 1. The van der Waals surface area contributed by atoms with Gasteiger partial charge in [-0.15, -0.1) is 0 Å². The second kappa shape index (κ2) is 9.60. The molecule has 0 saturated carbocycles. The smallest absolute Gasteiger partial charge is 0.355 e. The molecule has 1 saturated heterocycles. The molecule has 1 aliphatic heterocycles. The molecule has 2 N–H and O–H groups in total. The van der Waals surface area contributed by atoms with E-state index in [-0.39, 0.29) is 17.3 Å². The van der Waals surface area contributed by atoms with E-state index in [2.05, 4.69) is 41.6 Å². The van der Waals surface area contributed by atoms with Crippen molar-refractivity contribution in [2.45, 2.75) is 0 Å². The van der Waals surface area contributed by atoms with E-state index < -0.39 is 10.8 Å². The van der Waals surface area contributed by atoms with Crippen LogP contribution in [0.5, 0.6) is 0 Å². The molecule has 0 bridgehead atoms. The molecule has 0 atom stereocenters. The molecule has 0 aliphatic carbocycles. The number of benzene rings is 2. The molecular weight excluding hydrogens is 478 g/mol. The van der Waals surface area contributed by atoms with Crippen molar-refractivity contribution in [1.82, 2.24) is 15.4 Å². The summed E-state index contributed by atoms with van der Waals surface area (Å²) in [6, 6.07) is 16.9. The Bertz CT molecular complexity index is 1120. The standard InChI is InChI=1S/C21H20BrN7O3/c22-17-9-5-4-8-16(17)21(30)26-25-19-18(29(31)32)20(24-14-23-19)28-12-10-27(11-13-28)15-6-2-1-3-7-15/h1-9,14H,10-13H2,(H,26,30)(H,23,24,25). The van der Waals surface area contributed by atoms with Crippen molar-refractivity contribution in [3.05, 3.63) is 81.1 Å². The number of halogens is 1. The summed E-state index contributed by atoms with van der Waals surface area (Å²) in [6.45, 7) is 2.53. The third-order valence-corrected chi connectivity index (χ3v) is 5.79. The highest BCUT2D eigenvalue weighted by atomic mass is 79.9. The van der Waals surface area contributed by atoms with Crippen LogP contribution in [0.1, 0.15) is 10.4 Å². The van der Waals surface area contributed by atoms with Gasteiger partial charge in [0.2, 0.25) is 11.6 Å². The number of amides is 1. The van der Waals surface area contributed by atoms with Gasteiger partial charge in [-0.2, -0.15) is 0 Å². The Labute approximate surface area is 192 Å². The zero-order chi connectivity index (χ0) is 22.5. The first-order chi connectivity index (χ1) is 15.5. The van der Waals surface area contributed by atoms with Crippen molar-refractivity contribution in [1.29, 1.82) is 0 Å². The lowest BCUT2D eigenvalue weighted by Gasteiger charge is -2.36. The molecule has 10 nitrogen and oxygen atoms in total. The summed E-state index contributed by atoms with van der Waals surface area (Å²) in [4.78, 5) is 36.0. The van der Waals surface area contributed by atoms with Gasteiger partial charge in [-0.3, -0.25) is 25.8 Å². The Balaban J connectivity index is 1.49. The fourth-order valence-corrected chi connectivity index (χ4v) is 3.97. The molecule has 1 aromatic heterocycles. The number of aromatic nitrogens is 2. The van der Waals surface area contributed by atoms with Crippen LogP contribution in [0.3, 0.4) is 0 Å². The van der Waals surface area contributed by atoms with E-state index in [1.54, 1.807) is 24.3 Å². The van der Waals surface area contributed by atoms with E-state index in [1.807, 2.05) is 35.2 Å². The van der Waals surface area contributed by atoms with Crippen molar-refractivity contribution < 1.29 is 9.72 Å². The van der Waals surface area contributed by atoms with Gasteiger partial charge in [0.1, 0.15) is 6.33 Å². The summed E-state index contributed by atoms with van der Waals surface area (Å²) in [7, 11) is 0. The van der Waals surface area contributed by atoms with Crippen LogP contribution in [0, 0.1) is 10.1 Å². The molecule has 1 aliphatic rings. The van der Waals surface area contributed by atoms with Crippen LogP contribution in [-0.2, 0) is 0 Å². The SMILES string of the molecule is O=C(NNc1ncnc(N2CCN(c3ccccc3)CC2)c1[N+](=O)[O-])c1ccccc1Br. The van der Waals surface area contributed by atoms with Crippen molar-refractivity contribution in [3.63, 3.8) is 0 Å². The van der Waals surface area contributed by atoms with Gasteiger partial charge in [-0.05, 0) is 40.2 Å². The Hall–Kier alpha value is -3.73. The maximum Gasteiger partial charge on any atom is 0.355 e. The molecule has 4 rings (SSSR count). The number of nitrogens with one attached hydrogen (secondary N) is 2. The first-order valence-electron chi connectivity index (χ1n) is 9.90. The Morgan fingerprint density at radius 1 is 0.969 bits per heavy atom. The number of rotatable bonds is 6. The summed E-state index contributed by atoms with van der Waals surface area (Å²) in [5.41, 5.74) is 6.27. The number of carbonyl (C=O) groups excluding carboxylic acids is 1. The van der Waals surface area contributed by atoms with Gasteiger partial charge in [-0.1, -0.05) is 30.3 Å². The summed E-state index contributed by atoms with van der Waals surface area (Å²) >= 11 is 3.31. The fraction of sp³-hybridized carbons (Fsp3) is 0.190. The van der Waals surface area contributed by atoms with Crippen molar-refractivity contribution in [3.8, 4) is 0 Å². The molecule has 3 aromatic rings. The second-order valence-electron chi connectivity index (χ2n) is 7.02. The molecule has 32 heavy (non-hydrogen) atoms. The van der Waals surface area contributed by atoms with E-state index in [0.29, 0.717) is 36.2 Å². The number of anilines is 3. The van der Waals surface area contributed by atoms with Gasteiger partial charge >= 0.3 is 5.69 Å². The monoisotopic (exact) mass is 497 g/mol. The minimum atomic E-state index is -0.536. The predicted molar refractivity (Wildman–Crippen MR) is 125 cm³/mol. The molecular formula is C21H20BrN7O3. The second-order valence-corrected chi connectivity index (χ2v) is 7.87. The number of nitrogens with zero attached hydrogens (tertiary/aromatic N) is 5. The first-order valence-corrected chi connectivity index (χ1v) is 10.7. The van der Waals surface area contributed by atoms with Gasteiger partial charge in [-0.25, -0.2) is 9.97 Å². The summed E-state index contributed by atoms with van der Waals surface area (Å²) < 4.78 is 0.605. The lowest BCUT2D eigenvalue weighted by molar-refractivity contribution is -0.383. The van der Waals surface area contributed by atoms with Gasteiger partial charge in [0, 0.05) is 36.3 Å². The number of hydrazine groups is 1. The zero-order valence-corrected chi connectivity index (χ0v) is 18.5. The van der Waals surface area contributed by atoms with Gasteiger partial charge in [0.05, 0.1) is 10.5 Å². The van der Waals surface area contributed by atoms with Crippen LogP contribution < -0.4 is 20.7 Å². The summed E-state index contributed by atoms with van der Waals surface area (Å²) in [5.74, 6) is -0.315. The number of hydrogen-bond acceptors (Lipinski definition) is 8. The third-order valence-electron chi connectivity index (χ3n) is 5.10. The van der Waals surface area contributed by atoms with E-state index >= 15 is 0 Å². The predicted octanol–water partition coefficient (Wildman–Crippen LogP) is 3.23. The van der Waals surface area contributed by atoms with E-state index in [9.17, 15) is 14.9 Å². The topological polar surface area (TPSA) is 117 Å². The van der Waals surface area contributed by atoms with Crippen LogP contribution in [0.4, 0.5) is 23.0 Å². The lowest BCUT2D eigenvalue weighted by Crippen LogP contribution is -2.47. The van der Waals surface area contributed by atoms with Crippen LogP contribution in [-0.4, -0.2) is 47.0 Å². The molecule has 1 fully saturated rings. The fourth-order valence-electron chi connectivity index (χ4n) is 3.50. The summed E-state index contributed by atoms with van der Waals surface area (Å²) in [5, 5.41) is 11.9. The van der Waals surface area contributed by atoms with E-state index in [1.165, 1.54) is 6.33 Å². The number of para-hydroxylation sites is 1. The lowest BCUT2D eigenvalue weighted by atomic mass is 10.2. The first kappa shape index (κ1) is 21.5. The van der Waals surface area contributed by atoms with Crippen LogP contribution in [0.15, 0.2) is 65.4 Å². The highest BCUT2D eigenvalue weighted by Crippen LogP contribution is 2.32. The van der Waals surface area contributed by atoms with Gasteiger partial charge < -0.3 is 9.80 Å². The third kappa shape index (κ3) is 4.62. The van der Waals surface area contributed by atoms with Gasteiger partial charge in [0.15, 0.2) is 0 Å². The minimum Gasteiger partial charge on any atom is -0.368 e. The molecule has 2 aromatic carbocycles. The molecule has 0 radical (unpaired) electrons. The number of piperazine rings is 1. The van der Waals surface area contributed by atoms with Gasteiger partial charge in [0.25, 0.3) is 5.91 Å². The van der Waals surface area contributed by atoms with E-state index in [0.717, 1.165) is 5.69 Å². The molecule has 2 heterocycles. The van der Waals surface area contributed by atoms with Crippen molar-refractivity contribution in [2.75, 3.05) is 41.4 Å². The van der Waals surface area contributed by atoms with Crippen molar-refractivity contribution >= 4 is 44.8 Å². The highest BCUT2D eigenvalue weighted by molar-refractivity contribution is 9.10. The Morgan fingerprint density at radius 3 is 2.31 bits per heavy atom. The average Bonchev–Trinajstić information content (AvgIpc) is 2.83. The largest absolute Gasteiger partial charge is 0.368 e. The normalized spacial score (nSPS) is 13.5.